The molecule has 0 bridgehead atoms. The lowest BCUT2D eigenvalue weighted by molar-refractivity contribution is -0.137. The van der Waals surface area contributed by atoms with Crippen LogP contribution in [0.1, 0.15) is 24.5 Å². The summed E-state index contributed by atoms with van der Waals surface area (Å²) in [7, 11) is 3.67. The van der Waals surface area contributed by atoms with Gasteiger partial charge < -0.3 is 10.3 Å². The molecule has 99 valence electrons. The summed E-state index contributed by atoms with van der Waals surface area (Å²) in [5, 5.41) is 7.83. The summed E-state index contributed by atoms with van der Waals surface area (Å²) in [4.78, 5) is 1.87. The lowest BCUT2D eigenvalue weighted by atomic mass is 9.98. The molecule has 0 heterocycles. The van der Waals surface area contributed by atoms with E-state index in [0.717, 1.165) is 6.07 Å². The van der Waals surface area contributed by atoms with Crippen LogP contribution in [0.5, 0.6) is 0 Å². The van der Waals surface area contributed by atoms with E-state index < -0.39 is 11.7 Å². The zero-order valence-electron chi connectivity index (χ0n) is 10.6. The fraction of sp³-hybridized carbons (Fsp3) is 0.462. The predicted molar refractivity (Wildman–Crippen MR) is 64.9 cm³/mol. The molecular weight excluding hydrogens is 241 g/mol. The maximum Gasteiger partial charge on any atom is 0.417 e. The Morgan fingerprint density at radius 2 is 2.06 bits per heavy atom. The normalized spacial score (nSPS) is 13.7. The minimum atomic E-state index is -4.44. The van der Waals surface area contributed by atoms with Crippen molar-refractivity contribution < 1.29 is 13.2 Å². The van der Waals surface area contributed by atoms with Crippen molar-refractivity contribution >= 4 is 5.71 Å². The van der Waals surface area contributed by atoms with Gasteiger partial charge in [-0.15, -0.1) is 0 Å². The summed E-state index contributed by atoms with van der Waals surface area (Å²) in [6, 6.07) is 6.02. The average molecular weight is 257 g/mol. The summed E-state index contributed by atoms with van der Waals surface area (Å²) >= 11 is 0. The standard InChI is InChI=1S/C13H16F3N2/c1-9(18(2)3)8-12(17)10-6-4-5-7-11(10)13(14,15)16/h4,6-7,9,17H,8H2,1-3H3. The van der Waals surface area contributed by atoms with Crippen molar-refractivity contribution in [2.45, 2.75) is 25.6 Å². The van der Waals surface area contributed by atoms with E-state index in [2.05, 4.69) is 6.07 Å². The molecule has 1 radical (unpaired) electrons. The number of benzene rings is 1. The molecule has 0 amide bonds. The molecule has 1 rings (SSSR count). The summed E-state index contributed by atoms with van der Waals surface area (Å²) in [5.74, 6) is 0. The van der Waals surface area contributed by atoms with Gasteiger partial charge in [-0.3, -0.25) is 0 Å². The largest absolute Gasteiger partial charge is 0.417 e. The molecule has 1 atom stereocenters. The van der Waals surface area contributed by atoms with E-state index in [0.29, 0.717) is 0 Å². The predicted octanol–water partition coefficient (Wildman–Crippen LogP) is 3.21. The van der Waals surface area contributed by atoms with Crippen molar-refractivity contribution in [3.63, 3.8) is 0 Å². The van der Waals surface area contributed by atoms with Gasteiger partial charge in [0, 0.05) is 23.7 Å². The Bertz CT molecular complexity index is 424. The van der Waals surface area contributed by atoms with E-state index in [1.54, 1.807) is 0 Å². The Morgan fingerprint density at radius 3 is 2.56 bits per heavy atom. The Balaban J connectivity index is 3.00. The fourth-order valence-corrected chi connectivity index (χ4v) is 1.52. The maximum absolute atomic E-state index is 12.8. The number of alkyl halides is 3. The first-order chi connectivity index (χ1) is 8.23. The second-order valence-electron chi connectivity index (χ2n) is 4.46. The smallest absolute Gasteiger partial charge is 0.306 e. The van der Waals surface area contributed by atoms with Gasteiger partial charge in [-0.25, -0.2) is 0 Å². The molecule has 2 nitrogen and oxygen atoms in total. The highest BCUT2D eigenvalue weighted by molar-refractivity contribution is 6.00. The first-order valence-electron chi connectivity index (χ1n) is 5.55. The number of rotatable bonds is 4. The molecule has 0 saturated carbocycles. The molecule has 0 aliphatic rings. The topological polar surface area (TPSA) is 27.1 Å². The van der Waals surface area contributed by atoms with Gasteiger partial charge in [-0.1, -0.05) is 12.1 Å². The second-order valence-corrected chi connectivity index (χ2v) is 4.46. The van der Waals surface area contributed by atoms with E-state index in [9.17, 15) is 13.2 Å². The van der Waals surface area contributed by atoms with Gasteiger partial charge in [-0.05, 0) is 33.2 Å². The molecule has 0 saturated heterocycles. The molecule has 0 aliphatic heterocycles. The van der Waals surface area contributed by atoms with Gasteiger partial charge >= 0.3 is 6.18 Å². The Kier molecular flexibility index (Phi) is 4.51. The van der Waals surface area contributed by atoms with Crippen molar-refractivity contribution in [1.82, 2.24) is 4.90 Å². The summed E-state index contributed by atoms with van der Waals surface area (Å²) in [6.07, 6.45) is -4.17. The Labute approximate surface area is 105 Å². The minimum Gasteiger partial charge on any atom is -0.306 e. The molecule has 1 N–H and O–H groups in total. The van der Waals surface area contributed by atoms with E-state index in [1.165, 1.54) is 12.1 Å². The number of hydrogen-bond donors (Lipinski definition) is 1. The SMILES string of the molecule is CC(CC(=N)c1cc[c]cc1C(F)(F)F)N(C)C. The molecule has 0 fully saturated rings. The summed E-state index contributed by atoms with van der Waals surface area (Å²) in [6.45, 7) is 1.87. The molecule has 5 heteroatoms. The zero-order chi connectivity index (χ0) is 13.9. The number of nitrogens with zero attached hydrogens (tertiary/aromatic N) is 1. The third kappa shape index (κ3) is 3.57. The van der Waals surface area contributed by atoms with Crippen LogP contribution in [0.3, 0.4) is 0 Å². The molecule has 0 aromatic heterocycles. The van der Waals surface area contributed by atoms with E-state index >= 15 is 0 Å². The van der Waals surface area contributed by atoms with Gasteiger partial charge in [0.2, 0.25) is 0 Å². The number of nitrogens with one attached hydrogen (secondary N) is 1. The van der Waals surface area contributed by atoms with Crippen LogP contribution in [0.15, 0.2) is 18.2 Å². The van der Waals surface area contributed by atoms with Gasteiger partial charge in [0.15, 0.2) is 0 Å². The van der Waals surface area contributed by atoms with Gasteiger partial charge in [0.25, 0.3) is 0 Å². The third-order valence-electron chi connectivity index (χ3n) is 2.88. The van der Waals surface area contributed by atoms with Gasteiger partial charge in [0.05, 0.1) is 5.56 Å². The van der Waals surface area contributed by atoms with E-state index in [1.807, 2.05) is 25.9 Å². The third-order valence-corrected chi connectivity index (χ3v) is 2.88. The first-order valence-corrected chi connectivity index (χ1v) is 5.55. The van der Waals surface area contributed by atoms with E-state index in [4.69, 9.17) is 5.41 Å². The van der Waals surface area contributed by atoms with Crippen LogP contribution in [0.4, 0.5) is 13.2 Å². The molecule has 1 unspecified atom stereocenters. The molecular formula is C13H16F3N2. The van der Waals surface area contributed by atoms with Crippen molar-refractivity contribution in [1.29, 1.82) is 5.41 Å². The summed E-state index contributed by atoms with van der Waals surface area (Å²) < 4.78 is 38.3. The maximum atomic E-state index is 12.8. The van der Waals surface area contributed by atoms with Crippen LogP contribution in [0, 0.1) is 11.5 Å². The fourth-order valence-electron chi connectivity index (χ4n) is 1.52. The van der Waals surface area contributed by atoms with Crippen LogP contribution in [0.2, 0.25) is 0 Å². The summed E-state index contributed by atoms with van der Waals surface area (Å²) in [5.41, 5.74) is -0.853. The zero-order valence-corrected chi connectivity index (χ0v) is 10.6. The van der Waals surface area contributed by atoms with E-state index in [-0.39, 0.29) is 23.7 Å². The van der Waals surface area contributed by atoms with Gasteiger partial charge in [-0.2, -0.15) is 13.2 Å². The average Bonchev–Trinajstić information content (AvgIpc) is 2.27. The van der Waals surface area contributed by atoms with Crippen LogP contribution >= 0.6 is 0 Å². The lowest BCUT2D eigenvalue weighted by Crippen LogP contribution is -2.28. The van der Waals surface area contributed by atoms with Crippen molar-refractivity contribution in [2.75, 3.05) is 14.1 Å². The molecule has 0 spiro atoms. The van der Waals surface area contributed by atoms with Gasteiger partial charge in [0.1, 0.15) is 0 Å². The molecule has 0 aliphatic carbocycles. The first kappa shape index (κ1) is 14.7. The molecule has 1 aromatic rings. The Morgan fingerprint density at radius 1 is 1.44 bits per heavy atom. The quantitative estimate of drug-likeness (QED) is 0.824. The monoisotopic (exact) mass is 257 g/mol. The highest BCUT2D eigenvalue weighted by Gasteiger charge is 2.34. The highest BCUT2D eigenvalue weighted by atomic mass is 19.4. The number of hydrogen-bond acceptors (Lipinski definition) is 2. The van der Waals surface area contributed by atoms with Crippen LogP contribution in [0.25, 0.3) is 0 Å². The lowest BCUT2D eigenvalue weighted by Gasteiger charge is -2.21. The van der Waals surface area contributed by atoms with Crippen molar-refractivity contribution in [3.8, 4) is 0 Å². The van der Waals surface area contributed by atoms with Crippen LogP contribution in [-0.2, 0) is 6.18 Å². The Hall–Kier alpha value is -1.36. The van der Waals surface area contributed by atoms with Crippen molar-refractivity contribution in [2.24, 2.45) is 0 Å². The second kappa shape index (κ2) is 5.52. The molecule has 18 heavy (non-hydrogen) atoms. The number of halogens is 3. The van der Waals surface area contributed by atoms with Crippen LogP contribution in [-0.4, -0.2) is 30.7 Å². The highest BCUT2D eigenvalue weighted by Crippen LogP contribution is 2.32. The van der Waals surface area contributed by atoms with Crippen molar-refractivity contribution in [3.05, 3.63) is 35.4 Å². The minimum absolute atomic E-state index is 0.00229. The van der Waals surface area contributed by atoms with Crippen LogP contribution < -0.4 is 0 Å². The molecule has 1 aromatic carbocycles.